The van der Waals surface area contributed by atoms with E-state index in [9.17, 15) is 10.8 Å². The summed E-state index contributed by atoms with van der Waals surface area (Å²) in [5, 5.41) is 19.7. The molecule has 27 heavy (non-hydrogen) atoms. The SMILES string of the molecule is [N-]=C1C=CC(C2(C3=C[CH+]C(=[N-])C=C3)c3ccccc3-c3ccccc32)=C[CH+]1. The largest absolute Gasteiger partial charge is 0.779 e. The molecule has 2 heteroatoms. The topological polar surface area (TPSA) is 44.6 Å². The van der Waals surface area contributed by atoms with Gasteiger partial charge in [-0.2, -0.15) is 0 Å². The van der Waals surface area contributed by atoms with Gasteiger partial charge in [0.05, 0.1) is 35.5 Å². The van der Waals surface area contributed by atoms with E-state index >= 15 is 0 Å². The van der Waals surface area contributed by atoms with Crippen molar-refractivity contribution in [2.75, 3.05) is 0 Å². The van der Waals surface area contributed by atoms with Crippen molar-refractivity contribution in [2.24, 2.45) is 0 Å². The molecule has 0 saturated heterocycles. The molecule has 3 aliphatic rings. The predicted molar refractivity (Wildman–Crippen MR) is 112 cm³/mol. The molecule has 0 radical (unpaired) electrons. The van der Waals surface area contributed by atoms with Gasteiger partial charge in [0.25, 0.3) is 0 Å². The van der Waals surface area contributed by atoms with Crippen molar-refractivity contribution in [1.29, 1.82) is 0 Å². The molecule has 0 bridgehead atoms. The van der Waals surface area contributed by atoms with Crippen molar-refractivity contribution in [3.63, 3.8) is 0 Å². The Morgan fingerprint density at radius 1 is 0.593 bits per heavy atom. The van der Waals surface area contributed by atoms with Gasteiger partial charge in [-0.05, 0) is 22.6 Å². The van der Waals surface area contributed by atoms with Crippen LogP contribution in [0.5, 0.6) is 0 Å². The molecule has 2 aromatic carbocycles. The molecule has 0 atom stereocenters. The van der Waals surface area contributed by atoms with Crippen molar-refractivity contribution in [3.8, 4) is 11.1 Å². The van der Waals surface area contributed by atoms with Crippen LogP contribution in [-0.2, 0) is 5.41 Å². The summed E-state index contributed by atoms with van der Waals surface area (Å²) in [6, 6.07) is 17.0. The molecule has 2 aromatic rings. The summed E-state index contributed by atoms with van der Waals surface area (Å²) in [5.74, 6) is 0. The number of allylic oxidation sites excluding steroid dienone is 8. The van der Waals surface area contributed by atoms with Crippen molar-refractivity contribution in [2.45, 2.75) is 5.41 Å². The second-order valence-corrected chi connectivity index (χ2v) is 6.93. The second-order valence-electron chi connectivity index (χ2n) is 6.93. The summed E-state index contributed by atoms with van der Waals surface area (Å²) in [6.07, 6.45) is 14.9. The first-order chi connectivity index (χ1) is 13.2. The third kappa shape index (κ3) is 2.13. The highest BCUT2D eigenvalue weighted by Gasteiger charge is 2.53. The zero-order chi connectivity index (χ0) is 18.4. The average Bonchev–Trinajstić information content (AvgIpc) is 3.01. The molecule has 0 saturated carbocycles. The van der Waals surface area contributed by atoms with Crippen LogP contribution >= 0.6 is 0 Å². The minimum Gasteiger partial charge on any atom is -0.779 e. The number of fused-ring (bicyclic) bond motifs is 3. The van der Waals surface area contributed by atoms with Gasteiger partial charge in [0.1, 0.15) is 0 Å². The fourth-order valence-corrected chi connectivity index (χ4v) is 4.45. The van der Waals surface area contributed by atoms with Crippen LogP contribution in [-0.4, -0.2) is 11.4 Å². The molecule has 0 fully saturated rings. The Balaban J connectivity index is 1.87. The lowest BCUT2D eigenvalue weighted by atomic mass is 9.64. The average molecular weight is 344 g/mol. The Hall–Kier alpha value is -3.52. The quantitative estimate of drug-likeness (QED) is 0.657. The van der Waals surface area contributed by atoms with Gasteiger partial charge in [-0.1, -0.05) is 48.5 Å². The van der Waals surface area contributed by atoms with Crippen LogP contribution in [0.4, 0.5) is 0 Å². The van der Waals surface area contributed by atoms with Crippen molar-refractivity contribution < 1.29 is 0 Å². The minimum atomic E-state index is -0.491. The minimum absolute atomic E-state index is 0.249. The molecule has 2 nitrogen and oxygen atoms in total. The summed E-state index contributed by atoms with van der Waals surface area (Å²) in [6.45, 7) is 0. The van der Waals surface area contributed by atoms with Gasteiger partial charge in [-0.25, -0.2) is 0 Å². The monoisotopic (exact) mass is 344 g/mol. The van der Waals surface area contributed by atoms with Crippen LogP contribution in [0.2, 0.25) is 0 Å². The van der Waals surface area contributed by atoms with Gasteiger partial charge in [0.2, 0.25) is 0 Å². The Morgan fingerprint density at radius 2 is 1.04 bits per heavy atom. The third-order valence-electron chi connectivity index (χ3n) is 5.55. The molecule has 0 heterocycles. The van der Waals surface area contributed by atoms with Gasteiger partial charge in [0, 0.05) is 36.1 Å². The standard InChI is InChI=1S/C25H16N2/c26-19-13-9-17(10-14-19)25(18-11-15-20(27)16-12-18)23-7-3-1-5-21(23)22-6-2-4-8-24(22)25/h1-16H. The van der Waals surface area contributed by atoms with Crippen LogP contribution in [0.3, 0.4) is 0 Å². The number of benzene rings is 2. The maximum absolute atomic E-state index is 9.85. The first-order valence-electron chi connectivity index (χ1n) is 8.99. The van der Waals surface area contributed by atoms with Crippen molar-refractivity contribution in [3.05, 3.63) is 131 Å². The van der Waals surface area contributed by atoms with E-state index in [0.29, 0.717) is 0 Å². The maximum Gasteiger partial charge on any atom is 0.160 e. The third-order valence-corrected chi connectivity index (χ3v) is 5.55. The number of nitrogens with zero attached hydrogens (tertiary/aromatic N) is 2. The van der Waals surface area contributed by atoms with Crippen LogP contribution in [0.15, 0.2) is 96.1 Å². The van der Waals surface area contributed by atoms with Gasteiger partial charge < -0.3 is 10.8 Å². The molecule has 3 aliphatic carbocycles. The van der Waals surface area contributed by atoms with Gasteiger partial charge >= 0.3 is 0 Å². The Kier molecular flexibility index (Phi) is 3.34. The zero-order valence-corrected chi connectivity index (χ0v) is 14.6. The second kappa shape index (κ2) is 5.75. The molecule has 126 valence electrons. The smallest absolute Gasteiger partial charge is 0.160 e. The normalized spacial score (nSPS) is 18.8. The van der Waals surface area contributed by atoms with Crippen LogP contribution < -0.4 is 0 Å². The lowest BCUT2D eigenvalue weighted by Crippen LogP contribution is -2.31. The zero-order valence-electron chi connectivity index (χ0n) is 14.6. The molecule has 0 aliphatic heterocycles. The number of hydrogen-bond donors (Lipinski definition) is 0. The summed E-state index contributed by atoms with van der Waals surface area (Å²) in [5.41, 5.74) is 7.04. The molecular formula is C25H16N2. The summed E-state index contributed by atoms with van der Waals surface area (Å²) in [7, 11) is 0. The summed E-state index contributed by atoms with van der Waals surface area (Å²) in [4.78, 5) is 0. The molecule has 0 unspecified atom stereocenters. The van der Waals surface area contributed by atoms with E-state index in [2.05, 4.69) is 48.5 Å². The van der Waals surface area contributed by atoms with E-state index in [0.717, 1.165) is 11.1 Å². The molecule has 5 rings (SSSR count). The Morgan fingerprint density at radius 3 is 1.44 bits per heavy atom. The first kappa shape index (κ1) is 15.7. The Bertz CT molecular complexity index is 1020. The predicted octanol–water partition coefficient (Wildman–Crippen LogP) is 5.37. The number of rotatable bonds is 2. The Labute approximate surface area is 159 Å². The van der Waals surface area contributed by atoms with Gasteiger partial charge in [-0.15, -0.1) is 0 Å². The van der Waals surface area contributed by atoms with E-state index in [1.807, 2.05) is 24.3 Å². The van der Waals surface area contributed by atoms with Crippen molar-refractivity contribution >= 4 is 11.4 Å². The highest BCUT2D eigenvalue weighted by Crippen LogP contribution is 2.57. The fourth-order valence-electron chi connectivity index (χ4n) is 4.45. The van der Waals surface area contributed by atoms with Crippen LogP contribution in [0, 0.1) is 12.8 Å². The summed E-state index contributed by atoms with van der Waals surface area (Å²) >= 11 is 0. The fraction of sp³-hybridized carbons (Fsp3) is 0.0400. The van der Waals surface area contributed by atoms with Crippen LogP contribution in [0.1, 0.15) is 11.1 Å². The van der Waals surface area contributed by atoms with Crippen molar-refractivity contribution in [1.82, 2.24) is 0 Å². The van der Waals surface area contributed by atoms with E-state index in [1.54, 1.807) is 25.0 Å². The molecule has 0 spiro atoms. The molecular weight excluding hydrogens is 328 g/mol. The lowest BCUT2D eigenvalue weighted by Gasteiger charge is -2.30. The van der Waals surface area contributed by atoms with Crippen LogP contribution in [0.25, 0.3) is 21.9 Å². The van der Waals surface area contributed by atoms with E-state index in [1.165, 1.54) is 22.3 Å². The molecule has 0 N–H and O–H groups in total. The molecule has 0 amide bonds. The van der Waals surface area contributed by atoms with E-state index < -0.39 is 5.41 Å². The highest BCUT2D eigenvalue weighted by atomic mass is 14.5. The van der Waals surface area contributed by atoms with E-state index in [-0.39, 0.29) is 11.4 Å². The number of hydrogen-bond acceptors (Lipinski definition) is 0. The summed E-state index contributed by atoms with van der Waals surface area (Å²) < 4.78 is 0. The molecule has 0 aromatic heterocycles. The highest BCUT2D eigenvalue weighted by molar-refractivity contribution is 6.09. The lowest BCUT2D eigenvalue weighted by molar-refractivity contribution is 0.763. The van der Waals surface area contributed by atoms with E-state index in [4.69, 9.17) is 0 Å². The van der Waals surface area contributed by atoms with Gasteiger partial charge in [0.15, 0.2) is 5.41 Å². The first-order valence-corrected chi connectivity index (χ1v) is 8.99. The van der Waals surface area contributed by atoms with Gasteiger partial charge in [-0.3, -0.25) is 0 Å². The maximum atomic E-state index is 9.85.